The molecule has 0 atom stereocenters. The average molecular weight is 274 g/mol. The van der Waals surface area contributed by atoms with Crippen LogP contribution in [-0.2, 0) is 11.3 Å². The standard InChI is InChI=1S/C11H10N6O3/c18-11(6-16-8-12-7-14-16)15-13-5-9-2-1-3-10(4-9)17(19)20/h1-5,7-8H,6H2,(H,15,18). The molecule has 0 unspecified atom stereocenters. The molecule has 1 aromatic carbocycles. The summed E-state index contributed by atoms with van der Waals surface area (Å²) in [6, 6.07) is 5.91. The molecule has 0 spiro atoms. The Hall–Kier alpha value is -3.10. The van der Waals surface area contributed by atoms with Crippen molar-refractivity contribution in [3.63, 3.8) is 0 Å². The van der Waals surface area contributed by atoms with Gasteiger partial charge < -0.3 is 0 Å². The number of nitrogens with one attached hydrogen (secondary N) is 1. The molecule has 102 valence electrons. The van der Waals surface area contributed by atoms with E-state index in [0.717, 1.165) is 0 Å². The number of nitrogens with zero attached hydrogens (tertiary/aromatic N) is 5. The molecule has 0 bridgehead atoms. The molecule has 0 radical (unpaired) electrons. The molecule has 20 heavy (non-hydrogen) atoms. The number of hydrazone groups is 1. The van der Waals surface area contributed by atoms with Crippen LogP contribution in [0, 0.1) is 10.1 Å². The maximum absolute atomic E-state index is 11.5. The van der Waals surface area contributed by atoms with Gasteiger partial charge in [0.25, 0.3) is 11.6 Å². The SMILES string of the molecule is O=C(Cn1cncn1)NN=Cc1cccc([N+](=O)[O-])c1. The van der Waals surface area contributed by atoms with Gasteiger partial charge in [0, 0.05) is 17.7 Å². The number of hydrogen-bond acceptors (Lipinski definition) is 6. The van der Waals surface area contributed by atoms with Crippen LogP contribution in [0.1, 0.15) is 5.56 Å². The highest BCUT2D eigenvalue weighted by Crippen LogP contribution is 2.11. The van der Waals surface area contributed by atoms with Gasteiger partial charge in [0.1, 0.15) is 19.2 Å². The zero-order chi connectivity index (χ0) is 14.4. The maximum Gasteiger partial charge on any atom is 0.270 e. The Morgan fingerprint density at radius 2 is 2.40 bits per heavy atom. The second-order valence-electron chi connectivity index (χ2n) is 3.74. The predicted octanol–water partition coefficient (Wildman–Crippen LogP) is 0.337. The van der Waals surface area contributed by atoms with Gasteiger partial charge in [-0.3, -0.25) is 14.9 Å². The first-order valence-corrected chi connectivity index (χ1v) is 5.54. The smallest absolute Gasteiger partial charge is 0.270 e. The molecule has 0 saturated heterocycles. The summed E-state index contributed by atoms with van der Waals surface area (Å²) in [5.74, 6) is -0.378. The fraction of sp³-hybridized carbons (Fsp3) is 0.0909. The van der Waals surface area contributed by atoms with Gasteiger partial charge in [-0.1, -0.05) is 12.1 Å². The molecule has 1 heterocycles. The molecule has 1 N–H and O–H groups in total. The lowest BCUT2D eigenvalue weighted by Gasteiger charge is -1.99. The summed E-state index contributed by atoms with van der Waals surface area (Å²) in [4.78, 5) is 25.2. The van der Waals surface area contributed by atoms with Gasteiger partial charge in [0.15, 0.2) is 0 Å². The summed E-state index contributed by atoms with van der Waals surface area (Å²) in [7, 11) is 0. The van der Waals surface area contributed by atoms with E-state index in [1.165, 1.54) is 41.8 Å². The van der Waals surface area contributed by atoms with Crippen molar-refractivity contribution < 1.29 is 9.72 Å². The number of non-ortho nitro benzene ring substituents is 1. The predicted molar refractivity (Wildman–Crippen MR) is 68.9 cm³/mol. The molecule has 9 heteroatoms. The minimum absolute atomic E-state index is 0.00766. The molecule has 2 rings (SSSR count). The molecular formula is C11H10N6O3. The van der Waals surface area contributed by atoms with Crippen molar-refractivity contribution in [1.29, 1.82) is 0 Å². The quantitative estimate of drug-likeness (QED) is 0.479. The van der Waals surface area contributed by atoms with Crippen molar-refractivity contribution in [2.24, 2.45) is 5.10 Å². The number of nitro groups is 1. The molecule has 9 nitrogen and oxygen atoms in total. The van der Waals surface area contributed by atoms with Crippen molar-refractivity contribution >= 4 is 17.8 Å². The van der Waals surface area contributed by atoms with Crippen molar-refractivity contribution in [2.45, 2.75) is 6.54 Å². The maximum atomic E-state index is 11.5. The monoisotopic (exact) mass is 274 g/mol. The van der Waals surface area contributed by atoms with E-state index < -0.39 is 4.92 Å². The van der Waals surface area contributed by atoms with Crippen LogP contribution >= 0.6 is 0 Å². The normalized spacial score (nSPS) is 10.6. The van der Waals surface area contributed by atoms with Crippen LogP contribution in [0.2, 0.25) is 0 Å². The minimum Gasteiger partial charge on any atom is -0.271 e. The molecule has 1 amide bonds. The van der Waals surface area contributed by atoms with Gasteiger partial charge >= 0.3 is 0 Å². The molecule has 2 aromatic rings. The second kappa shape index (κ2) is 6.18. The number of amides is 1. The number of nitro benzene ring substituents is 1. The molecule has 0 aliphatic carbocycles. The highest BCUT2D eigenvalue weighted by Gasteiger charge is 2.04. The third kappa shape index (κ3) is 3.70. The zero-order valence-electron chi connectivity index (χ0n) is 10.2. The molecular weight excluding hydrogens is 264 g/mol. The van der Waals surface area contributed by atoms with Crippen molar-refractivity contribution in [1.82, 2.24) is 20.2 Å². The number of rotatable bonds is 5. The van der Waals surface area contributed by atoms with Gasteiger partial charge in [-0.2, -0.15) is 10.2 Å². The lowest BCUT2D eigenvalue weighted by molar-refractivity contribution is -0.384. The van der Waals surface area contributed by atoms with Crippen molar-refractivity contribution in [3.8, 4) is 0 Å². The fourth-order valence-electron chi connectivity index (χ4n) is 1.39. The van der Waals surface area contributed by atoms with E-state index >= 15 is 0 Å². The summed E-state index contributed by atoms with van der Waals surface area (Å²) in [5.41, 5.74) is 2.77. The fourth-order valence-corrected chi connectivity index (χ4v) is 1.39. The van der Waals surface area contributed by atoms with E-state index in [1.54, 1.807) is 6.07 Å². The summed E-state index contributed by atoms with van der Waals surface area (Å²) in [6.45, 7) is -0.00766. The second-order valence-corrected chi connectivity index (χ2v) is 3.74. The van der Waals surface area contributed by atoms with E-state index in [1.807, 2.05) is 0 Å². The van der Waals surface area contributed by atoms with Crippen molar-refractivity contribution in [3.05, 3.63) is 52.6 Å². The topological polar surface area (TPSA) is 115 Å². The minimum atomic E-state index is -0.499. The zero-order valence-corrected chi connectivity index (χ0v) is 10.2. The molecule has 0 saturated carbocycles. The third-order valence-electron chi connectivity index (χ3n) is 2.26. The Kier molecular flexibility index (Phi) is 4.12. The highest BCUT2D eigenvalue weighted by molar-refractivity contribution is 5.82. The van der Waals surface area contributed by atoms with Crippen LogP contribution in [0.15, 0.2) is 42.0 Å². The van der Waals surface area contributed by atoms with E-state index in [-0.39, 0.29) is 18.1 Å². The number of hydrogen-bond donors (Lipinski definition) is 1. The van der Waals surface area contributed by atoms with E-state index in [9.17, 15) is 14.9 Å². The number of aromatic nitrogens is 3. The number of carbonyl (C=O) groups is 1. The molecule has 0 fully saturated rings. The summed E-state index contributed by atoms with van der Waals surface area (Å²) >= 11 is 0. The Balaban J connectivity index is 1.91. The summed E-state index contributed by atoms with van der Waals surface area (Å²) in [5, 5.41) is 18.1. The van der Waals surface area contributed by atoms with Crippen LogP contribution in [0.5, 0.6) is 0 Å². The first kappa shape index (κ1) is 13.3. The van der Waals surface area contributed by atoms with Crippen molar-refractivity contribution in [2.75, 3.05) is 0 Å². The van der Waals surface area contributed by atoms with E-state index in [0.29, 0.717) is 5.56 Å². The van der Waals surface area contributed by atoms with Crippen LogP contribution < -0.4 is 5.43 Å². The first-order valence-electron chi connectivity index (χ1n) is 5.54. The van der Waals surface area contributed by atoms with Crippen LogP contribution in [0.25, 0.3) is 0 Å². The van der Waals surface area contributed by atoms with Crippen LogP contribution in [-0.4, -0.2) is 31.8 Å². The Morgan fingerprint density at radius 3 is 3.10 bits per heavy atom. The van der Waals surface area contributed by atoms with E-state index in [2.05, 4.69) is 20.6 Å². The molecule has 0 aliphatic rings. The lowest BCUT2D eigenvalue weighted by Crippen LogP contribution is -2.23. The van der Waals surface area contributed by atoms with Gasteiger partial charge in [-0.25, -0.2) is 15.1 Å². The Labute approximate surface area is 113 Å². The van der Waals surface area contributed by atoms with Gasteiger partial charge in [-0.05, 0) is 0 Å². The van der Waals surface area contributed by atoms with Gasteiger partial charge in [0.05, 0.1) is 11.1 Å². The van der Waals surface area contributed by atoms with Crippen LogP contribution in [0.3, 0.4) is 0 Å². The average Bonchev–Trinajstić information content (AvgIpc) is 2.92. The van der Waals surface area contributed by atoms with Gasteiger partial charge in [-0.15, -0.1) is 0 Å². The third-order valence-corrected chi connectivity index (χ3v) is 2.26. The largest absolute Gasteiger partial charge is 0.271 e. The summed E-state index contributed by atoms with van der Waals surface area (Å²) < 4.78 is 1.35. The summed E-state index contributed by atoms with van der Waals surface area (Å²) in [6.07, 6.45) is 4.05. The lowest BCUT2D eigenvalue weighted by atomic mass is 10.2. The Bertz CT molecular complexity index is 637. The van der Waals surface area contributed by atoms with Crippen LogP contribution in [0.4, 0.5) is 5.69 Å². The molecule has 1 aromatic heterocycles. The number of benzene rings is 1. The first-order chi connectivity index (χ1) is 9.65. The molecule has 0 aliphatic heterocycles. The number of carbonyl (C=O) groups excluding carboxylic acids is 1. The van der Waals surface area contributed by atoms with Gasteiger partial charge in [0.2, 0.25) is 0 Å². The van der Waals surface area contributed by atoms with E-state index in [4.69, 9.17) is 0 Å². The highest BCUT2D eigenvalue weighted by atomic mass is 16.6. The Morgan fingerprint density at radius 1 is 1.55 bits per heavy atom.